The molecule has 0 unspecified atom stereocenters. The Morgan fingerprint density at radius 2 is 2.00 bits per heavy atom. The van der Waals surface area contributed by atoms with E-state index in [1.807, 2.05) is 20.8 Å². The molecule has 1 fully saturated rings. The van der Waals surface area contributed by atoms with Gasteiger partial charge in [-0.15, -0.1) is 0 Å². The normalized spacial score (nSPS) is 15.4. The second kappa shape index (κ2) is 9.78. The summed E-state index contributed by atoms with van der Waals surface area (Å²) < 4.78 is 5.38. The van der Waals surface area contributed by atoms with E-state index in [2.05, 4.69) is 58.8 Å². The van der Waals surface area contributed by atoms with E-state index >= 15 is 0 Å². The van der Waals surface area contributed by atoms with Gasteiger partial charge in [0.1, 0.15) is 5.60 Å². The van der Waals surface area contributed by atoms with E-state index in [-0.39, 0.29) is 12.1 Å². The van der Waals surface area contributed by atoms with Crippen LogP contribution in [0.15, 0.2) is 29.3 Å². The van der Waals surface area contributed by atoms with Crippen molar-refractivity contribution >= 4 is 12.1 Å². The molecule has 156 valence electrons. The Morgan fingerprint density at radius 1 is 1.32 bits per heavy atom. The van der Waals surface area contributed by atoms with Gasteiger partial charge in [0.25, 0.3) is 0 Å². The van der Waals surface area contributed by atoms with Crippen LogP contribution in [0.1, 0.15) is 38.8 Å². The maximum Gasteiger partial charge on any atom is 0.410 e. The number of nitrogens with zero attached hydrogens (tertiary/aromatic N) is 3. The molecule has 0 radical (unpaired) electrons. The molecule has 0 saturated carbocycles. The lowest BCUT2D eigenvalue weighted by Gasteiger charge is -2.40. The van der Waals surface area contributed by atoms with Crippen LogP contribution in [0.2, 0.25) is 0 Å². The lowest BCUT2D eigenvalue weighted by Crippen LogP contribution is -2.63. The van der Waals surface area contributed by atoms with Crippen LogP contribution in [0.5, 0.6) is 0 Å². The average Bonchev–Trinajstić information content (AvgIpc) is 2.58. The Morgan fingerprint density at radius 3 is 2.61 bits per heavy atom. The number of hydrogen-bond donors (Lipinski definition) is 2. The molecule has 7 heteroatoms. The van der Waals surface area contributed by atoms with Gasteiger partial charge in [0.05, 0.1) is 6.04 Å². The Kier molecular flexibility index (Phi) is 7.69. The summed E-state index contributed by atoms with van der Waals surface area (Å²) in [6.45, 7) is 11.7. The van der Waals surface area contributed by atoms with Gasteiger partial charge in [-0.1, -0.05) is 31.2 Å². The van der Waals surface area contributed by atoms with Crippen molar-refractivity contribution in [3.05, 3.63) is 35.4 Å². The second-order valence-corrected chi connectivity index (χ2v) is 8.30. The SMILES string of the molecule is CCN(C)Cc1cccc(CNC(=NC)NC2CN(C(=O)OC(C)(C)C)C2)c1. The molecule has 1 aliphatic rings. The van der Waals surface area contributed by atoms with Crippen molar-refractivity contribution in [2.75, 3.05) is 33.7 Å². The van der Waals surface area contributed by atoms with Gasteiger partial charge in [0.2, 0.25) is 0 Å². The zero-order chi connectivity index (χ0) is 20.7. The van der Waals surface area contributed by atoms with Gasteiger partial charge >= 0.3 is 6.09 Å². The number of rotatable bonds is 6. The highest BCUT2D eigenvalue weighted by Gasteiger charge is 2.34. The molecule has 0 bridgehead atoms. The Hall–Kier alpha value is -2.28. The Bertz CT molecular complexity index is 678. The van der Waals surface area contributed by atoms with Crippen molar-refractivity contribution in [3.63, 3.8) is 0 Å². The third-order valence-corrected chi connectivity index (χ3v) is 4.54. The topological polar surface area (TPSA) is 69.2 Å². The highest BCUT2D eigenvalue weighted by molar-refractivity contribution is 5.80. The fraction of sp³-hybridized carbons (Fsp3) is 0.619. The third kappa shape index (κ3) is 7.03. The molecular weight excluding hydrogens is 354 g/mol. The fourth-order valence-corrected chi connectivity index (χ4v) is 2.88. The van der Waals surface area contributed by atoms with Gasteiger partial charge in [0.15, 0.2) is 5.96 Å². The van der Waals surface area contributed by atoms with E-state index in [4.69, 9.17) is 4.74 Å². The van der Waals surface area contributed by atoms with Crippen LogP contribution in [0.4, 0.5) is 4.79 Å². The zero-order valence-electron chi connectivity index (χ0n) is 18.1. The van der Waals surface area contributed by atoms with Crippen LogP contribution >= 0.6 is 0 Å². The zero-order valence-corrected chi connectivity index (χ0v) is 18.1. The summed E-state index contributed by atoms with van der Waals surface area (Å²) in [4.78, 5) is 20.3. The summed E-state index contributed by atoms with van der Waals surface area (Å²) >= 11 is 0. The van der Waals surface area contributed by atoms with Gasteiger partial charge in [-0.3, -0.25) is 4.99 Å². The van der Waals surface area contributed by atoms with Gasteiger partial charge < -0.3 is 25.2 Å². The number of carbonyl (C=O) groups is 1. The molecule has 0 spiro atoms. The van der Waals surface area contributed by atoms with Crippen molar-refractivity contribution in [2.45, 2.75) is 52.4 Å². The average molecular weight is 390 g/mol. The van der Waals surface area contributed by atoms with E-state index in [0.717, 1.165) is 19.0 Å². The van der Waals surface area contributed by atoms with Crippen molar-refractivity contribution in [1.29, 1.82) is 0 Å². The number of likely N-dealkylation sites (tertiary alicyclic amines) is 1. The van der Waals surface area contributed by atoms with Crippen molar-refractivity contribution < 1.29 is 9.53 Å². The first-order valence-corrected chi connectivity index (χ1v) is 9.91. The summed E-state index contributed by atoms with van der Waals surface area (Å²) in [5, 5.41) is 6.71. The van der Waals surface area contributed by atoms with Gasteiger partial charge in [-0.2, -0.15) is 0 Å². The summed E-state index contributed by atoms with van der Waals surface area (Å²) in [5.41, 5.74) is 2.06. The first kappa shape index (κ1) is 22.0. The maximum atomic E-state index is 12.0. The molecule has 1 amide bonds. The molecule has 7 nitrogen and oxygen atoms in total. The molecule has 28 heavy (non-hydrogen) atoms. The number of hydrogen-bond acceptors (Lipinski definition) is 4. The molecule has 1 saturated heterocycles. The number of carbonyl (C=O) groups excluding carboxylic acids is 1. The molecule has 2 rings (SSSR count). The number of guanidine groups is 1. The van der Waals surface area contributed by atoms with Crippen LogP contribution in [-0.4, -0.2) is 67.2 Å². The van der Waals surface area contributed by atoms with Crippen LogP contribution in [0.25, 0.3) is 0 Å². The van der Waals surface area contributed by atoms with Crippen LogP contribution in [0.3, 0.4) is 0 Å². The summed E-state index contributed by atoms with van der Waals surface area (Å²) in [6.07, 6.45) is -0.262. The lowest BCUT2D eigenvalue weighted by molar-refractivity contribution is 0.00701. The molecule has 0 aromatic heterocycles. The van der Waals surface area contributed by atoms with E-state index in [0.29, 0.717) is 19.6 Å². The number of benzene rings is 1. The minimum absolute atomic E-state index is 0.184. The predicted octanol–water partition coefficient (Wildman–Crippen LogP) is 2.42. The summed E-state index contributed by atoms with van der Waals surface area (Å²) in [7, 11) is 3.88. The number of amides is 1. The fourth-order valence-electron chi connectivity index (χ4n) is 2.88. The largest absolute Gasteiger partial charge is 0.444 e. The van der Waals surface area contributed by atoms with Crippen LogP contribution < -0.4 is 10.6 Å². The molecule has 0 atom stereocenters. The molecular formula is C21H35N5O2. The highest BCUT2D eigenvalue weighted by Crippen LogP contribution is 2.15. The monoisotopic (exact) mass is 389 g/mol. The minimum Gasteiger partial charge on any atom is -0.444 e. The van der Waals surface area contributed by atoms with E-state index in [1.165, 1.54) is 11.1 Å². The molecule has 1 aromatic rings. The van der Waals surface area contributed by atoms with Gasteiger partial charge in [-0.05, 0) is 45.5 Å². The van der Waals surface area contributed by atoms with E-state index in [9.17, 15) is 4.79 Å². The second-order valence-electron chi connectivity index (χ2n) is 8.30. The molecule has 0 aliphatic carbocycles. The number of aliphatic imine (C=N–C) groups is 1. The van der Waals surface area contributed by atoms with Crippen molar-refractivity contribution in [2.24, 2.45) is 4.99 Å². The minimum atomic E-state index is -0.465. The van der Waals surface area contributed by atoms with Crippen molar-refractivity contribution in [3.8, 4) is 0 Å². The first-order chi connectivity index (χ1) is 13.2. The van der Waals surface area contributed by atoms with E-state index in [1.54, 1.807) is 11.9 Å². The van der Waals surface area contributed by atoms with E-state index < -0.39 is 5.60 Å². The molecule has 1 heterocycles. The predicted molar refractivity (Wildman–Crippen MR) is 113 cm³/mol. The summed E-state index contributed by atoms with van der Waals surface area (Å²) in [6, 6.07) is 8.77. The maximum absolute atomic E-state index is 12.0. The van der Waals surface area contributed by atoms with Crippen LogP contribution in [0, 0.1) is 0 Å². The summed E-state index contributed by atoms with van der Waals surface area (Å²) in [5.74, 6) is 0.741. The molecule has 1 aromatic carbocycles. The Balaban J connectivity index is 1.77. The smallest absolute Gasteiger partial charge is 0.410 e. The van der Waals surface area contributed by atoms with Crippen molar-refractivity contribution in [1.82, 2.24) is 20.4 Å². The number of nitrogens with one attached hydrogen (secondary N) is 2. The third-order valence-electron chi connectivity index (χ3n) is 4.54. The van der Waals surface area contributed by atoms with Gasteiger partial charge in [0, 0.05) is 33.2 Å². The molecule has 2 N–H and O–H groups in total. The molecule has 1 aliphatic heterocycles. The number of ether oxygens (including phenoxy) is 1. The quantitative estimate of drug-likeness (QED) is 0.578. The lowest BCUT2D eigenvalue weighted by atomic mass is 10.1. The standard InChI is InChI=1S/C21H35N5O2/c1-7-25(6)13-17-10-8-9-16(11-17)12-23-19(22-5)24-18-14-26(15-18)20(27)28-21(2,3)4/h8-11,18H,7,12-15H2,1-6H3,(H2,22,23,24). The Labute approximate surface area is 169 Å². The van der Waals surface area contributed by atoms with Crippen LogP contribution in [-0.2, 0) is 17.8 Å². The first-order valence-electron chi connectivity index (χ1n) is 9.91. The van der Waals surface area contributed by atoms with Gasteiger partial charge in [-0.25, -0.2) is 4.79 Å². The highest BCUT2D eigenvalue weighted by atomic mass is 16.6.